The van der Waals surface area contributed by atoms with Crippen molar-refractivity contribution in [2.45, 2.75) is 73.5 Å². The molecule has 0 N–H and O–H groups in total. The summed E-state index contributed by atoms with van der Waals surface area (Å²) in [7, 11) is 2.98. The highest BCUT2D eigenvalue weighted by molar-refractivity contribution is 5.98. The molecule has 1 aromatic rings. The molecule has 0 aromatic carbocycles. The SMILES string of the molecule is COC1=C(/C(=C/n2cc(/C(C)=N/OC(C)C)c(=O)n(N(C)C(=O)C(C)C)c2=O)OC(C)C)C=CCC1. The molecule has 36 heavy (non-hydrogen) atoms. The van der Waals surface area contributed by atoms with Crippen molar-refractivity contribution >= 4 is 17.8 Å². The third-order valence-corrected chi connectivity index (χ3v) is 5.25. The van der Waals surface area contributed by atoms with Gasteiger partial charge in [-0.05, 0) is 41.0 Å². The fraction of sp³-hybridized carbons (Fsp3) is 0.538. The van der Waals surface area contributed by atoms with Crippen molar-refractivity contribution in [2.75, 3.05) is 19.2 Å². The van der Waals surface area contributed by atoms with Gasteiger partial charge in [0, 0.05) is 25.6 Å². The highest BCUT2D eigenvalue weighted by Gasteiger charge is 2.23. The molecule has 0 spiro atoms. The molecule has 1 aromatic heterocycles. The van der Waals surface area contributed by atoms with Gasteiger partial charge in [-0.25, -0.2) is 9.80 Å². The molecule has 0 fully saturated rings. The van der Waals surface area contributed by atoms with Crippen LogP contribution in [0.4, 0.5) is 0 Å². The van der Waals surface area contributed by atoms with E-state index in [9.17, 15) is 14.4 Å². The van der Waals surface area contributed by atoms with Crippen LogP contribution in [0.15, 0.2) is 50.2 Å². The summed E-state index contributed by atoms with van der Waals surface area (Å²) in [5.41, 5.74) is -0.365. The Kier molecular flexibility index (Phi) is 9.89. The molecule has 0 aliphatic heterocycles. The minimum Gasteiger partial charge on any atom is -0.500 e. The molecule has 0 bridgehead atoms. The van der Waals surface area contributed by atoms with E-state index < -0.39 is 23.1 Å². The Bertz CT molecular complexity index is 1200. The van der Waals surface area contributed by atoms with Crippen LogP contribution in [-0.2, 0) is 19.1 Å². The van der Waals surface area contributed by atoms with Crippen molar-refractivity contribution in [1.82, 2.24) is 9.24 Å². The van der Waals surface area contributed by atoms with E-state index in [-0.39, 0.29) is 23.5 Å². The topological polar surface area (TPSA) is 104 Å². The summed E-state index contributed by atoms with van der Waals surface area (Å²) in [4.78, 5) is 45.0. The number of nitrogens with zero attached hydrogens (tertiary/aromatic N) is 4. The van der Waals surface area contributed by atoms with Crippen LogP contribution in [-0.4, -0.2) is 47.2 Å². The third kappa shape index (κ3) is 6.77. The Morgan fingerprint density at radius 1 is 1.14 bits per heavy atom. The van der Waals surface area contributed by atoms with Crippen LogP contribution in [0.5, 0.6) is 0 Å². The number of aromatic nitrogens is 2. The van der Waals surface area contributed by atoms with Crippen molar-refractivity contribution in [3.63, 3.8) is 0 Å². The van der Waals surface area contributed by atoms with Crippen LogP contribution in [0.3, 0.4) is 0 Å². The lowest BCUT2D eigenvalue weighted by atomic mass is 10.0. The Balaban J connectivity index is 2.88. The minimum atomic E-state index is -0.734. The van der Waals surface area contributed by atoms with E-state index in [0.29, 0.717) is 17.8 Å². The fourth-order valence-electron chi connectivity index (χ4n) is 3.49. The van der Waals surface area contributed by atoms with Gasteiger partial charge in [-0.1, -0.05) is 31.2 Å². The van der Waals surface area contributed by atoms with E-state index in [2.05, 4.69) is 5.16 Å². The van der Waals surface area contributed by atoms with E-state index in [4.69, 9.17) is 14.3 Å². The van der Waals surface area contributed by atoms with Gasteiger partial charge in [-0.15, -0.1) is 0 Å². The van der Waals surface area contributed by atoms with Crippen LogP contribution >= 0.6 is 0 Å². The van der Waals surface area contributed by atoms with Crippen LogP contribution in [0, 0.1) is 5.92 Å². The second-order valence-electron chi connectivity index (χ2n) is 9.34. The normalized spacial score (nSPS) is 14.7. The van der Waals surface area contributed by atoms with Crippen LogP contribution in [0.25, 0.3) is 6.20 Å². The molecule has 0 unspecified atom stereocenters. The molecule has 10 nitrogen and oxygen atoms in total. The predicted molar refractivity (Wildman–Crippen MR) is 140 cm³/mol. The van der Waals surface area contributed by atoms with Crippen molar-refractivity contribution in [2.24, 2.45) is 11.1 Å². The standard InChI is InChI=1S/C26H38N4O6/c1-16(2)24(31)28(8)30-25(32)21(19(7)27-36-18(5)6)14-29(26(30)33)15-23(35-17(3)4)20-12-10-11-13-22(20)34-9/h10,12,14-18H,11,13H2,1-9H3/b23-15-,27-19+. The predicted octanol–water partition coefficient (Wildman–Crippen LogP) is 3.38. The number of methoxy groups -OCH3 is 1. The largest absolute Gasteiger partial charge is 0.500 e. The number of oxime groups is 1. The number of ether oxygens (including phenoxy) is 2. The second-order valence-corrected chi connectivity index (χ2v) is 9.34. The maximum Gasteiger partial charge on any atom is 0.354 e. The van der Waals surface area contributed by atoms with Crippen molar-refractivity contribution in [3.05, 3.63) is 61.8 Å². The van der Waals surface area contributed by atoms with E-state index in [0.717, 1.165) is 21.9 Å². The van der Waals surface area contributed by atoms with E-state index >= 15 is 0 Å². The quantitative estimate of drug-likeness (QED) is 0.276. The first-order chi connectivity index (χ1) is 16.9. The molecule has 1 heterocycles. The first-order valence-corrected chi connectivity index (χ1v) is 12.1. The molecule has 1 aliphatic rings. The number of hydrogen-bond donors (Lipinski definition) is 0. The molecular formula is C26H38N4O6. The number of hydrogen-bond acceptors (Lipinski definition) is 7. The number of allylic oxidation sites excluding steroid dienone is 3. The maximum atomic E-state index is 13.5. The molecule has 2 rings (SSSR count). The van der Waals surface area contributed by atoms with Gasteiger partial charge in [-0.3, -0.25) is 14.2 Å². The summed E-state index contributed by atoms with van der Waals surface area (Å²) in [6, 6.07) is 0. The lowest BCUT2D eigenvalue weighted by molar-refractivity contribution is -0.122. The first-order valence-electron chi connectivity index (χ1n) is 12.1. The van der Waals surface area contributed by atoms with Gasteiger partial charge >= 0.3 is 5.69 Å². The molecule has 1 aliphatic carbocycles. The molecular weight excluding hydrogens is 464 g/mol. The molecule has 198 valence electrons. The molecule has 0 radical (unpaired) electrons. The summed E-state index contributed by atoms with van der Waals surface area (Å²) < 4.78 is 13.7. The van der Waals surface area contributed by atoms with Crippen LogP contribution < -0.4 is 16.3 Å². The van der Waals surface area contributed by atoms with E-state index in [1.165, 1.54) is 24.0 Å². The maximum absolute atomic E-state index is 13.5. The Hall–Kier alpha value is -3.56. The lowest BCUT2D eigenvalue weighted by Gasteiger charge is -2.23. The van der Waals surface area contributed by atoms with E-state index in [1.807, 2.05) is 39.8 Å². The zero-order chi connectivity index (χ0) is 27.2. The van der Waals surface area contributed by atoms with Crippen molar-refractivity contribution < 1.29 is 19.1 Å². The summed E-state index contributed by atoms with van der Waals surface area (Å²) in [5, 5.41) is 5.07. The molecule has 0 saturated heterocycles. The van der Waals surface area contributed by atoms with Gasteiger partial charge in [-0.2, -0.15) is 4.68 Å². The summed E-state index contributed by atoms with van der Waals surface area (Å²) >= 11 is 0. The zero-order valence-electron chi connectivity index (χ0n) is 22.7. The number of rotatable bonds is 10. The Morgan fingerprint density at radius 2 is 1.81 bits per heavy atom. The third-order valence-electron chi connectivity index (χ3n) is 5.25. The molecule has 1 amide bonds. The van der Waals surface area contributed by atoms with Gasteiger partial charge in [0.05, 0.1) is 36.3 Å². The summed E-state index contributed by atoms with van der Waals surface area (Å²) in [6.07, 6.45) is 7.86. The van der Waals surface area contributed by atoms with Crippen LogP contribution in [0.2, 0.25) is 0 Å². The number of carbonyl (C=O) groups excluding carboxylic acids is 1. The van der Waals surface area contributed by atoms with Gasteiger partial charge in [0.15, 0.2) is 0 Å². The monoisotopic (exact) mass is 502 g/mol. The minimum absolute atomic E-state index is 0.0962. The molecule has 0 atom stereocenters. The highest BCUT2D eigenvalue weighted by atomic mass is 16.6. The highest BCUT2D eigenvalue weighted by Crippen LogP contribution is 2.27. The van der Waals surface area contributed by atoms with E-state index in [1.54, 1.807) is 27.9 Å². The van der Waals surface area contributed by atoms with Gasteiger partial charge in [0.25, 0.3) is 5.56 Å². The van der Waals surface area contributed by atoms with Crippen molar-refractivity contribution in [3.8, 4) is 0 Å². The number of carbonyl (C=O) groups is 1. The molecule has 10 heteroatoms. The average Bonchev–Trinajstić information content (AvgIpc) is 2.82. The smallest absolute Gasteiger partial charge is 0.354 e. The van der Waals surface area contributed by atoms with Gasteiger partial charge in [0.2, 0.25) is 5.91 Å². The van der Waals surface area contributed by atoms with Crippen molar-refractivity contribution in [1.29, 1.82) is 0 Å². The first kappa shape index (κ1) is 28.7. The molecule has 0 saturated carbocycles. The zero-order valence-corrected chi connectivity index (χ0v) is 22.7. The summed E-state index contributed by atoms with van der Waals surface area (Å²) in [5.74, 6) is 0.283. The average molecular weight is 503 g/mol. The van der Waals surface area contributed by atoms with Crippen LogP contribution in [0.1, 0.15) is 66.9 Å². The Morgan fingerprint density at radius 3 is 2.36 bits per heavy atom. The second kappa shape index (κ2) is 12.4. The number of amides is 1. The van der Waals surface area contributed by atoms with Gasteiger partial charge < -0.3 is 14.3 Å². The van der Waals surface area contributed by atoms with Gasteiger partial charge in [0.1, 0.15) is 17.6 Å². The fourth-order valence-corrected chi connectivity index (χ4v) is 3.49. The summed E-state index contributed by atoms with van der Waals surface area (Å²) in [6.45, 7) is 12.4. The Labute approximate surface area is 212 Å². The lowest BCUT2D eigenvalue weighted by Crippen LogP contribution is -2.54.